The highest BCUT2D eigenvalue weighted by Gasteiger charge is 2.32. The molecule has 0 amide bonds. The molecule has 3 N–H and O–H groups in total. The third-order valence-electron chi connectivity index (χ3n) is 4.56. The van der Waals surface area contributed by atoms with Gasteiger partial charge in [-0.05, 0) is 62.4 Å². The molecular formula is C18H28F3IN4. The first-order valence-electron chi connectivity index (χ1n) is 8.80. The van der Waals surface area contributed by atoms with Gasteiger partial charge < -0.3 is 11.1 Å². The van der Waals surface area contributed by atoms with Gasteiger partial charge in [-0.15, -0.1) is 24.0 Å². The summed E-state index contributed by atoms with van der Waals surface area (Å²) in [4.78, 5) is 5.81. The van der Waals surface area contributed by atoms with Gasteiger partial charge in [0, 0.05) is 12.2 Å². The van der Waals surface area contributed by atoms with Gasteiger partial charge in [0.2, 0.25) is 0 Å². The van der Waals surface area contributed by atoms with E-state index in [0.717, 1.165) is 31.4 Å². The molecule has 1 saturated heterocycles. The number of hydrogen-bond acceptors (Lipinski definition) is 2. The van der Waals surface area contributed by atoms with E-state index in [-0.39, 0.29) is 24.0 Å². The summed E-state index contributed by atoms with van der Waals surface area (Å²) < 4.78 is 37.1. The van der Waals surface area contributed by atoms with Gasteiger partial charge in [-0.2, -0.15) is 13.2 Å². The Morgan fingerprint density at radius 2 is 1.85 bits per heavy atom. The highest BCUT2D eigenvalue weighted by Crippen LogP contribution is 2.24. The number of hydrogen-bond donors (Lipinski definition) is 2. The van der Waals surface area contributed by atoms with E-state index in [0.29, 0.717) is 31.5 Å². The van der Waals surface area contributed by atoms with Crippen LogP contribution in [0.2, 0.25) is 0 Å². The molecule has 1 aromatic rings. The largest absolute Gasteiger partial charge is 0.401 e. The van der Waals surface area contributed by atoms with Crippen molar-refractivity contribution < 1.29 is 13.2 Å². The van der Waals surface area contributed by atoms with E-state index >= 15 is 0 Å². The standard InChI is InChI=1S/C18H27F3N4.HI/c1-2-14-3-5-16(6-4-14)24-17(22)23-10-7-15-8-11-25(12-9-15)13-18(19,20)21;/h3-6,15H,2,7-13H2,1H3,(H3,22,23,24);1H. The van der Waals surface area contributed by atoms with Gasteiger partial charge in [-0.3, -0.25) is 9.89 Å². The third kappa shape index (κ3) is 8.57. The summed E-state index contributed by atoms with van der Waals surface area (Å²) in [6.45, 7) is 2.91. The van der Waals surface area contributed by atoms with Gasteiger partial charge in [0.05, 0.1) is 6.54 Å². The summed E-state index contributed by atoms with van der Waals surface area (Å²) in [7, 11) is 0. The van der Waals surface area contributed by atoms with Crippen LogP contribution in [-0.4, -0.2) is 43.2 Å². The Hall–Kier alpha value is -1.03. The number of guanidine groups is 1. The molecule has 0 bridgehead atoms. The summed E-state index contributed by atoms with van der Waals surface area (Å²) in [5, 5.41) is 3.06. The van der Waals surface area contributed by atoms with Gasteiger partial charge >= 0.3 is 6.18 Å². The van der Waals surface area contributed by atoms with Crippen molar-refractivity contribution in [3.63, 3.8) is 0 Å². The summed E-state index contributed by atoms with van der Waals surface area (Å²) in [6, 6.07) is 8.03. The smallest absolute Gasteiger partial charge is 0.370 e. The Labute approximate surface area is 170 Å². The van der Waals surface area contributed by atoms with Crippen LogP contribution in [0.4, 0.5) is 18.9 Å². The van der Waals surface area contributed by atoms with Crippen molar-refractivity contribution >= 4 is 35.6 Å². The fraction of sp³-hybridized carbons (Fsp3) is 0.611. The second kappa shape index (κ2) is 11.0. The summed E-state index contributed by atoms with van der Waals surface area (Å²) in [6.07, 6.45) is -0.677. The Balaban J connectivity index is 0.00000338. The van der Waals surface area contributed by atoms with Crippen molar-refractivity contribution in [3.05, 3.63) is 29.8 Å². The van der Waals surface area contributed by atoms with E-state index in [1.807, 2.05) is 24.3 Å². The predicted molar refractivity (Wildman–Crippen MR) is 111 cm³/mol. The van der Waals surface area contributed by atoms with E-state index in [2.05, 4.69) is 17.2 Å². The van der Waals surface area contributed by atoms with Crippen LogP contribution in [0.5, 0.6) is 0 Å². The lowest BCUT2D eigenvalue weighted by Crippen LogP contribution is -2.40. The molecule has 0 saturated carbocycles. The van der Waals surface area contributed by atoms with Crippen molar-refractivity contribution in [2.45, 2.75) is 38.8 Å². The minimum atomic E-state index is -4.10. The maximum atomic E-state index is 12.4. The van der Waals surface area contributed by atoms with Crippen LogP contribution in [0.25, 0.3) is 0 Å². The van der Waals surface area contributed by atoms with Gasteiger partial charge in [-0.1, -0.05) is 19.1 Å². The average molecular weight is 484 g/mol. The van der Waals surface area contributed by atoms with E-state index in [4.69, 9.17) is 5.73 Å². The normalized spacial score (nSPS) is 17.0. The lowest BCUT2D eigenvalue weighted by molar-refractivity contribution is -0.148. The number of halogens is 4. The highest BCUT2D eigenvalue weighted by atomic mass is 127. The second-order valence-electron chi connectivity index (χ2n) is 6.57. The van der Waals surface area contributed by atoms with Gasteiger partial charge in [-0.25, -0.2) is 0 Å². The molecule has 0 radical (unpaired) electrons. The summed E-state index contributed by atoms with van der Waals surface area (Å²) in [5.74, 6) is 0.795. The fourth-order valence-electron chi connectivity index (χ4n) is 3.07. The first kappa shape index (κ1) is 23.0. The Kier molecular flexibility index (Phi) is 9.70. The van der Waals surface area contributed by atoms with Crippen LogP contribution >= 0.6 is 24.0 Å². The molecule has 0 unspecified atom stereocenters. The zero-order valence-electron chi connectivity index (χ0n) is 15.1. The van der Waals surface area contributed by atoms with Crippen LogP contribution in [-0.2, 0) is 6.42 Å². The average Bonchev–Trinajstić information content (AvgIpc) is 2.56. The van der Waals surface area contributed by atoms with Crippen molar-refractivity contribution in [2.75, 3.05) is 31.5 Å². The molecule has 0 aromatic heterocycles. The van der Waals surface area contributed by atoms with Crippen molar-refractivity contribution in [1.82, 2.24) is 4.90 Å². The number of nitrogens with zero attached hydrogens (tertiary/aromatic N) is 2. The molecule has 1 aromatic carbocycles. The van der Waals surface area contributed by atoms with E-state index in [1.54, 1.807) is 0 Å². The molecule has 1 aliphatic rings. The van der Waals surface area contributed by atoms with Crippen molar-refractivity contribution in [2.24, 2.45) is 16.6 Å². The summed E-state index contributed by atoms with van der Waals surface area (Å²) in [5.41, 5.74) is 8.05. The second-order valence-corrected chi connectivity index (χ2v) is 6.57. The minimum absolute atomic E-state index is 0. The molecule has 0 atom stereocenters. The van der Waals surface area contributed by atoms with Crippen LogP contribution in [0.1, 0.15) is 31.7 Å². The van der Waals surface area contributed by atoms with E-state index < -0.39 is 12.7 Å². The predicted octanol–water partition coefficient (Wildman–Crippen LogP) is 4.26. The lowest BCUT2D eigenvalue weighted by Gasteiger charge is -2.32. The molecule has 148 valence electrons. The molecule has 0 spiro atoms. The van der Waals surface area contributed by atoms with Crippen LogP contribution in [0.15, 0.2) is 29.3 Å². The number of aryl methyl sites for hydroxylation is 1. The number of alkyl halides is 3. The number of rotatable bonds is 6. The lowest BCUT2D eigenvalue weighted by atomic mass is 9.93. The molecule has 0 aliphatic carbocycles. The molecule has 8 heteroatoms. The number of anilines is 1. The molecule has 1 fully saturated rings. The number of likely N-dealkylation sites (tertiary alicyclic amines) is 1. The topological polar surface area (TPSA) is 53.6 Å². The van der Waals surface area contributed by atoms with Crippen molar-refractivity contribution in [1.29, 1.82) is 0 Å². The molecule has 26 heavy (non-hydrogen) atoms. The van der Waals surface area contributed by atoms with Crippen LogP contribution in [0.3, 0.4) is 0 Å². The molecule has 1 heterocycles. The highest BCUT2D eigenvalue weighted by molar-refractivity contribution is 14.0. The first-order valence-corrected chi connectivity index (χ1v) is 8.80. The van der Waals surface area contributed by atoms with Gasteiger partial charge in [0.1, 0.15) is 0 Å². The molecular weight excluding hydrogens is 456 g/mol. The molecule has 2 rings (SSSR count). The number of nitrogens with two attached hydrogens (primary N) is 1. The Morgan fingerprint density at radius 3 is 2.38 bits per heavy atom. The number of benzene rings is 1. The van der Waals surface area contributed by atoms with E-state index in [1.165, 1.54) is 10.5 Å². The minimum Gasteiger partial charge on any atom is -0.370 e. The monoisotopic (exact) mass is 484 g/mol. The maximum absolute atomic E-state index is 12.4. The third-order valence-corrected chi connectivity index (χ3v) is 4.56. The molecule has 4 nitrogen and oxygen atoms in total. The quantitative estimate of drug-likeness (QED) is 0.361. The van der Waals surface area contributed by atoms with Crippen molar-refractivity contribution in [3.8, 4) is 0 Å². The Morgan fingerprint density at radius 1 is 1.23 bits per heavy atom. The Bertz CT molecular complexity index is 553. The number of aliphatic imine (C=N–C) groups is 1. The van der Waals surface area contributed by atoms with Gasteiger partial charge in [0.15, 0.2) is 5.96 Å². The fourth-order valence-corrected chi connectivity index (χ4v) is 3.07. The zero-order chi connectivity index (χ0) is 18.3. The number of piperidine rings is 1. The zero-order valence-corrected chi connectivity index (χ0v) is 17.4. The summed E-state index contributed by atoms with van der Waals surface area (Å²) >= 11 is 0. The SMILES string of the molecule is CCc1ccc(NC(N)=NCCC2CCN(CC(F)(F)F)CC2)cc1.I. The van der Waals surface area contributed by atoms with Gasteiger partial charge in [0.25, 0.3) is 0 Å². The van der Waals surface area contributed by atoms with Crippen LogP contribution < -0.4 is 11.1 Å². The van der Waals surface area contributed by atoms with Crippen LogP contribution in [0, 0.1) is 5.92 Å². The first-order chi connectivity index (χ1) is 11.9. The number of nitrogens with one attached hydrogen (secondary N) is 1. The maximum Gasteiger partial charge on any atom is 0.401 e. The molecule has 1 aliphatic heterocycles. The van der Waals surface area contributed by atoms with E-state index in [9.17, 15) is 13.2 Å².